The van der Waals surface area contributed by atoms with E-state index in [0.29, 0.717) is 12.2 Å². The highest BCUT2D eigenvalue weighted by atomic mass is 32.2. The third-order valence-corrected chi connectivity index (χ3v) is 4.40. The van der Waals surface area contributed by atoms with Gasteiger partial charge >= 0.3 is 0 Å². The van der Waals surface area contributed by atoms with Crippen molar-refractivity contribution < 1.29 is 12.9 Å². The molecule has 2 aromatic heterocycles. The molecule has 8 heteroatoms. The molecule has 2 rings (SSSR count). The summed E-state index contributed by atoms with van der Waals surface area (Å²) >= 11 is 0. The van der Waals surface area contributed by atoms with Gasteiger partial charge in [-0.2, -0.15) is 5.10 Å². The Morgan fingerprint density at radius 1 is 1.43 bits per heavy atom. The zero-order valence-electron chi connectivity index (χ0n) is 12.4. The number of hydrogen-bond donors (Lipinski definition) is 1. The maximum atomic E-state index is 12.3. The maximum Gasteiger partial charge on any atom is 0.258 e. The molecule has 116 valence electrons. The van der Waals surface area contributed by atoms with Crippen LogP contribution in [-0.2, 0) is 23.1 Å². The SMILES string of the molecule is CCCn1nccc1S(=O)(=O)NCc1cc(C(C)C)on1. The number of rotatable bonds is 7. The lowest BCUT2D eigenvalue weighted by Crippen LogP contribution is -2.26. The summed E-state index contributed by atoms with van der Waals surface area (Å²) < 4.78 is 33.7. The van der Waals surface area contributed by atoms with Gasteiger partial charge in [-0.15, -0.1) is 0 Å². The smallest absolute Gasteiger partial charge is 0.258 e. The van der Waals surface area contributed by atoms with Crippen molar-refractivity contribution in [3.8, 4) is 0 Å². The van der Waals surface area contributed by atoms with Gasteiger partial charge in [0, 0.05) is 18.5 Å². The van der Waals surface area contributed by atoms with Crippen molar-refractivity contribution in [2.75, 3.05) is 0 Å². The standard InChI is InChI=1S/C13H20N4O3S/c1-4-7-17-13(5-6-14-17)21(18,19)15-9-11-8-12(10(2)3)20-16-11/h5-6,8,10,15H,4,7,9H2,1-3H3. The average Bonchev–Trinajstić information content (AvgIpc) is 3.06. The fourth-order valence-corrected chi connectivity index (χ4v) is 3.00. The third kappa shape index (κ3) is 3.70. The van der Waals surface area contributed by atoms with E-state index in [2.05, 4.69) is 15.0 Å². The molecule has 0 aliphatic heterocycles. The van der Waals surface area contributed by atoms with Crippen LogP contribution in [0, 0.1) is 0 Å². The van der Waals surface area contributed by atoms with E-state index in [-0.39, 0.29) is 17.5 Å². The molecule has 0 aromatic carbocycles. The fourth-order valence-electron chi connectivity index (χ4n) is 1.86. The van der Waals surface area contributed by atoms with Crippen molar-refractivity contribution in [3.05, 3.63) is 29.8 Å². The number of aromatic nitrogens is 3. The monoisotopic (exact) mass is 312 g/mol. The van der Waals surface area contributed by atoms with Crippen molar-refractivity contribution in [2.24, 2.45) is 0 Å². The van der Waals surface area contributed by atoms with Gasteiger partial charge in [-0.25, -0.2) is 13.1 Å². The van der Waals surface area contributed by atoms with E-state index in [1.165, 1.54) is 16.9 Å². The first kappa shape index (κ1) is 15.7. The zero-order chi connectivity index (χ0) is 15.5. The van der Waals surface area contributed by atoms with Crippen LogP contribution in [-0.4, -0.2) is 23.4 Å². The molecule has 2 aromatic rings. The highest BCUT2D eigenvalue weighted by Crippen LogP contribution is 2.15. The van der Waals surface area contributed by atoms with Crippen LogP contribution in [0.15, 0.2) is 27.9 Å². The molecule has 0 unspecified atom stereocenters. The number of nitrogens with one attached hydrogen (secondary N) is 1. The van der Waals surface area contributed by atoms with Crippen molar-refractivity contribution in [1.29, 1.82) is 0 Å². The Labute approximate surface area is 124 Å². The molecule has 0 saturated heterocycles. The van der Waals surface area contributed by atoms with Crippen LogP contribution in [0.2, 0.25) is 0 Å². The molecule has 0 fully saturated rings. The van der Waals surface area contributed by atoms with Crippen molar-refractivity contribution in [1.82, 2.24) is 19.7 Å². The fraction of sp³-hybridized carbons (Fsp3) is 0.538. The Hall–Kier alpha value is -1.67. The zero-order valence-corrected chi connectivity index (χ0v) is 13.2. The number of aryl methyl sites for hydroxylation is 1. The molecular weight excluding hydrogens is 292 g/mol. The van der Waals surface area contributed by atoms with Crippen LogP contribution in [0.5, 0.6) is 0 Å². The van der Waals surface area contributed by atoms with Crippen LogP contribution in [0.4, 0.5) is 0 Å². The van der Waals surface area contributed by atoms with Gasteiger partial charge in [0.15, 0.2) is 5.03 Å². The van der Waals surface area contributed by atoms with E-state index in [4.69, 9.17) is 4.52 Å². The maximum absolute atomic E-state index is 12.3. The minimum Gasteiger partial charge on any atom is -0.361 e. The van der Waals surface area contributed by atoms with Crippen LogP contribution >= 0.6 is 0 Å². The molecule has 0 bridgehead atoms. The van der Waals surface area contributed by atoms with Crippen molar-refractivity contribution in [2.45, 2.75) is 51.2 Å². The lowest BCUT2D eigenvalue weighted by molar-refractivity contribution is 0.365. The third-order valence-electron chi connectivity index (χ3n) is 2.98. The van der Waals surface area contributed by atoms with Gasteiger partial charge < -0.3 is 4.52 Å². The van der Waals surface area contributed by atoms with Crippen molar-refractivity contribution in [3.63, 3.8) is 0 Å². The second-order valence-corrected chi connectivity index (χ2v) is 6.81. The Bertz CT molecular complexity index is 688. The molecule has 0 aliphatic rings. The number of hydrogen-bond acceptors (Lipinski definition) is 5. The summed E-state index contributed by atoms with van der Waals surface area (Å²) in [5.41, 5.74) is 0.559. The van der Waals surface area contributed by atoms with Crippen LogP contribution in [0.3, 0.4) is 0 Å². The highest BCUT2D eigenvalue weighted by molar-refractivity contribution is 7.89. The molecule has 1 N–H and O–H groups in total. The van der Waals surface area contributed by atoms with E-state index in [9.17, 15) is 8.42 Å². The molecule has 0 amide bonds. The van der Waals surface area contributed by atoms with Gasteiger partial charge in [-0.3, -0.25) is 4.68 Å². The average molecular weight is 312 g/mol. The Balaban J connectivity index is 2.08. The predicted molar refractivity (Wildman–Crippen MR) is 77.1 cm³/mol. The lowest BCUT2D eigenvalue weighted by atomic mass is 10.1. The minimum absolute atomic E-state index is 0.0931. The summed E-state index contributed by atoms with van der Waals surface area (Å²) in [4.78, 5) is 0. The largest absolute Gasteiger partial charge is 0.361 e. The van der Waals surface area contributed by atoms with Crippen LogP contribution in [0.1, 0.15) is 44.6 Å². The molecule has 0 atom stereocenters. The normalized spacial score (nSPS) is 12.2. The van der Waals surface area contributed by atoms with E-state index in [1.54, 1.807) is 6.07 Å². The van der Waals surface area contributed by atoms with Gasteiger partial charge in [0.1, 0.15) is 5.76 Å². The summed E-state index contributed by atoms with van der Waals surface area (Å²) in [5.74, 6) is 0.953. The molecular formula is C13H20N4O3S. The Kier molecular flexibility index (Phi) is 4.79. The van der Waals surface area contributed by atoms with Crippen LogP contribution in [0.25, 0.3) is 0 Å². The first-order chi connectivity index (χ1) is 9.94. The Morgan fingerprint density at radius 3 is 2.81 bits per heavy atom. The lowest BCUT2D eigenvalue weighted by Gasteiger charge is -2.07. The first-order valence-electron chi connectivity index (χ1n) is 6.91. The molecule has 0 aliphatic carbocycles. The second kappa shape index (κ2) is 6.40. The van der Waals surface area contributed by atoms with Gasteiger partial charge in [-0.05, 0) is 12.5 Å². The summed E-state index contributed by atoms with van der Waals surface area (Å²) in [6.07, 6.45) is 2.29. The minimum atomic E-state index is -3.61. The number of nitrogens with zero attached hydrogens (tertiary/aromatic N) is 3. The summed E-state index contributed by atoms with van der Waals surface area (Å²) in [6, 6.07) is 3.25. The van der Waals surface area contributed by atoms with E-state index < -0.39 is 10.0 Å². The molecule has 21 heavy (non-hydrogen) atoms. The van der Waals surface area contributed by atoms with Gasteiger partial charge in [0.2, 0.25) is 0 Å². The van der Waals surface area contributed by atoms with Gasteiger partial charge in [-0.1, -0.05) is 25.9 Å². The number of sulfonamides is 1. The second-order valence-electron chi connectivity index (χ2n) is 5.09. The molecule has 7 nitrogen and oxygen atoms in total. The summed E-state index contributed by atoms with van der Waals surface area (Å²) in [5, 5.41) is 8.04. The van der Waals surface area contributed by atoms with Crippen LogP contribution < -0.4 is 4.72 Å². The van der Waals surface area contributed by atoms with E-state index in [0.717, 1.165) is 12.2 Å². The Morgan fingerprint density at radius 2 is 2.19 bits per heavy atom. The van der Waals surface area contributed by atoms with Gasteiger partial charge in [0.05, 0.1) is 18.4 Å². The molecule has 2 heterocycles. The van der Waals surface area contributed by atoms with E-state index >= 15 is 0 Å². The van der Waals surface area contributed by atoms with Gasteiger partial charge in [0.25, 0.3) is 10.0 Å². The highest BCUT2D eigenvalue weighted by Gasteiger charge is 2.19. The molecule has 0 spiro atoms. The molecule has 0 radical (unpaired) electrons. The predicted octanol–water partition coefficient (Wildman–Crippen LogP) is 1.88. The quantitative estimate of drug-likeness (QED) is 0.843. The topological polar surface area (TPSA) is 90.0 Å². The first-order valence-corrected chi connectivity index (χ1v) is 8.39. The van der Waals surface area contributed by atoms with E-state index in [1.807, 2.05) is 20.8 Å². The van der Waals surface area contributed by atoms with Crippen molar-refractivity contribution >= 4 is 10.0 Å². The molecule has 0 saturated carbocycles. The summed E-state index contributed by atoms with van der Waals surface area (Å²) in [7, 11) is -3.61. The summed E-state index contributed by atoms with van der Waals surface area (Å²) in [6.45, 7) is 6.59.